The lowest BCUT2D eigenvalue weighted by Gasteiger charge is -2.11. The monoisotopic (exact) mass is 401 g/mol. The van der Waals surface area contributed by atoms with E-state index in [0.29, 0.717) is 39.7 Å². The van der Waals surface area contributed by atoms with E-state index in [9.17, 15) is 4.79 Å². The fourth-order valence-electron chi connectivity index (χ4n) is 3.07. The van der Waals surface area contributed by atoms with Crippen molar-refractivity contribution in [3.05, 3.63) is 78.4 Å². The highest BCUT2D eigenvalue weighted by molar-refractivity contribution is 6.07. The molecule has 0 saturated heterocycles. The van der Waals surface area contributed by atoms with Crippen molar-refractivity contribution in [3.8, 4) is 34.3 Å². The fraction of sp³-hybridized carbons (Fsp3) is 0.0870. The van der Waals surface area contributed by atoms with Gasteiger partial charge in [0.15, 0.2) is 0 Å². The Morgan fingerprint density at radius 2 is 1.47 bits per heavy atom. The third-order valence-electron chi connectivity index (χ3n) is 4.53. The van der Waals surface area contributed by atoms with Crippen molar-refractivity contribution in [2.75, 3.05) is 19.5 Å². The average molecular weight is 401 g/mol. The molecule has 4 rings (SSSR count). The lowest BCUT2D eigenvalue weighted by Crippen LogP contribution is -2.13. The largest absolute Gasteiger partial charge is 0.496 e. The Morgan fingerprint density at radius 3 is 2.23 bits per heavy atom. The highest BCUT2D eigenvalue weighted by Gasteiger charge is 2.18. The van der Waals surface area contributed by atoms with Gasteiger partial charge in [-0.3, -0.25) is 4.79 Å². The molecule has 7 nitrogen and oxygen atoms in total. The molecule has 0 bridgehead atoms. The molecule has 4 aromatic rings. The molecule has 0 aliphatic carbocycles. The number of nitrogens with one attached hydrogen (secondary N) is 1. The topological polar surface area (TPSA) is 86.5 Å². The van der Waals surface area contributed by atoms with Crippen LogP contribution in [0.4, 0.5) is 5.69 Å². The van der Waals surface area contributed by atoms with Crippen molar-refractivity contribution >= 4 is 11.6 Å². The number of benzene rings is 3. The highest BCUT2D eigenvalue weighted by Crippen LogP contribution is 2.32. The van der Waals surface area contributed by atoms with Gasteiger partial charge in [0, 0.05) is 0 Å². The summed E-state index contributed by atoms with van der Waals surface area (Å²) in [4.78, 5) is 17.3. The van der Waals surface area contributed by atoms with E-state index < -0.39 is 0 Å². The lowest BCUT2D eigenvalue weighted by atomic mass is 10.1. The average Bonchev–Trinajstić information content (AvgIpc) is 3.29. The van der Waals surface area contributed by atoms with E-state index in [1.165, 1.54) is 7.11 Å². The Labute approximate surface area is 173 Å². The zero-order chi connectivity index (χ0) is 20.9. The molecule has 0 saturated carbocycles. The third-order valence-corrected chi connectivity index (χ3v) is 4.53. The summed E-state index contributed by atoms with van der Waals surface area (Å²) in [6.07, 6.45) is 0. The van der Waals surface area contributed by atoms with E-state index in [1.807, 2.05) is 36.4 Å². The molecule has 0 unspecified atom stereocenters. The van der Waals surface area contributed by atoms with Gasteiger partial charge in [-0.05, 0) is 36.4 Å². The van der Waals surface area contributed by atoms with Crippen molar-refractivity contribution < 1.29 is 18.8 Å². The highest BCUT2D eigenvalue weighted by atomic mass is 16.5. The molecule has 1 heterocycles. The van der Waals surface area contributed by atoms with Crippen molar-refractivity contribution in [3.63, 3.8) is 0 Å². The molecule has 0 spiro atoms. The number of hydrogen-bond donors (Lipinski definition) is 1. The van der Waals surface area contributed by atoms with Gasteiger partial charge in [-0.2, -0.15) is 4.98 Å². The van der Waals surface area contributed by atoms with Crippen LogP contribution in [-0.2, 0) is 0 Å². The Hall–Kier alpha value is -4.13. The Morgan fingerprint density at radius 1 is 0.833 bits per heavy atom. The van der Waals surface area contributed by atoms with E-state index in [0.717, 1.165) is 0 Å². The van der Waals surface area contributed by atoms with Crippen LogP contribution in [0.2, 0.25) is 0 Å². The van der Waals surface area contributed by atoms with Crippen LogP contribution in [0.5, 0.6) is 11.5 Å². The summed E-state index contributed by atoms with van der Waals surface area (Å²) in [5.74, 6) is 1.51. The van der Waals surface area contributed by atoms with E-state index in [4.69, 9.17) is 14.0 Å². The summed E-state index contributed by atoms with van der Waals surface area (Å²) < 4.78 is 16.1. The summed E-state index contributed by atoms with van der Waals surface area (Å²) >= 11 is 0. The van der Waals surface area contributed by atoms with Gasteiger partial charge in [-0.15, -0.1) is 0 Å². The first-order chi connectivity index (χ1) is 14.7. The Bertz CT molecular complexity index is 1190. The minimum absolute atomic E-state index is 0.284. The molecule has 7 heteroatoms. The molecule has 1 N–H and O–H groups in total. The number of nitrogens with zero attached hydrogens (tertiary/aromatic N) is 2. The first-order valence-corrected chi connectivity index (χ1v) is 9.22. The summed E-state index contributed by atoms with van der Waals surface area (Å²) in [6, 6.07) is 21.7. The number of hydrogen-bond acceptors (Lipinski definition) is 6. The number of ether oxygens (including phenoxy) is 2. The second-order valence-corrected chi connectivity index (χ2v) is 6.32. The van der Waals surface area contributed by atoms with Crippen LogP contribution in [-0.4, -0.2) is 30.3 Å². The SMILES string of the molecule is COc1ccccc1C(=O)Nc1ccccc1-c1nc(-c2ccccc2OC)no1. The molecule has 0 fully saturated rings. The van der Waals surface area contributed by atoms with Crippen LogP contribution in [0, 0.1) is 0 Å². The number of amides is 1. The Kier molecular flexibility index (Phi) is 5.43. The van der Waals surface area contributed by atoms with Crippen LogP contribution in [0.25, 0.3) is 22.8 Å². The van der Waals surface area contributed by atoms with Crippen LogP contribution in [0.1, 0.15) is 10.4 Å². The number of carbonyl (C=O) groups excluding carboxylic acids is 1. The second kappa shape index (κ2) is 8.48. The molecular weight excluding hydrogens is 382 g/mol. The maximum Gasteiger partial charge on any atom is 0.260 e. The molecule has 3 aromatic carbocycles. The van der Waals surface area contributed by atoms with Crippen molar-refractivity contribution in [1.29, 1.82) is 0 Å². The lowest BCUT2D eigenvalue weighted by molar-refractivity contribution is 0.102. The number of rotatable bonds is 6. The van der Waals surface area contributed by atoms with Crippen LogP contribution in [0.3, 0.4) is 0 Å². The van der Waals surface area contributed by atoms with Crippen LogP contribution < -0.4 is 14.8 Å². The summed E-state index contributed by atoms with van der Waals surface area (Å²) in [5, 5.41) is 6.98. The van der Waals surface area contributed by atoms with E-state index >= 15 is 0 Å². The molecule has 1 aromatic heterocycles. The Balaban J connectivity index is 1.66. The molecule has 30 heavy (non-hydrogen) atoms. The summed E-state index contributed by atoms with van der Waals surface area (Å²) in [5.41, 5.74) is 2.29. The summed E-state index contributed by atoms with van der Waals surface area (Å²) in [7, 11) is 3.11. The standard InChI is InChI=1S/C23H19N3O4/c1-28-19-13-7-4-10-16(19)21-25-23(30-26-21)15-9-3-6-12-18(15)24-22(27)17-11-5-8-14-20(17)29-2/h3-14H,1-2H3,(H,24,27). The number of aromatic nitrogens is 2. The first kappa shape index (κ1) is 19.2. The van der Waals surface area contributed by atoms with Crippen LogP contribution >= 0.6 is 0 Å². The van der Waals surface area contributed by atoms with Gasteiger partial charge < -0.3 is 19.3 Å². The molecule has 0 aliphatic heterocycles. The molecule has 1 amide bonds. The van der Waals surface area contributed by atoms with Gasteiger partial charge in [-0.25, -0.2) is 0 Å². The maximum atomic E-state index is 12.8. The molecule has 0 aliphatic rings. The normalized spacial score (nSPS) is 10.5. The minimum Gasteiger partial charge on any atom is -0.496 e. The minimum atomic E-state index is -0.302. The van der Waals surface area contributed by atoms with Crippen molar-refractivity contribution in [2.45, 2.75) is 0 Å². The molecule has 0 atom stereocenters. The van der Waals surface area contributed by atoms with E-state index in [2.05, 4.69) is 15.5 Å². The summed E-state index contributed by atoms with van der Waals surface area (Å²) in [6.45, 7) is 0. The number of carbonyl (C=O) groups is 1. The molecule has 150 valence electrons. The predicted molar refractivity (Wildman–Crippen MR) is 113 cm³/mol. The van der Waals surface area contributed by atoms with Gasteiger partial charge in [0.05, 0.1) is 36.6 Å². The van der Waals surface area contributed by atoms with Crippen molar-refractivity contribution in [1.82, 2.24) is 10.1 Å². The smallest absolute Gasteiger partial charge is 0.260 e. The maximum absolute atomic E-state index is 12.8. The van der Waals surface area contributed by atoms with Gasteiger partial charge in [0.2, 0.25) is 5.82 Å². The number of anilines is 1. The van der Waals surface area contributed by atoms with Gasteiger partial charge in [0.1, 0.15) is 11.5 Å². The number of methoxy groups -OCH3 is 2. The van der Waals surface area contributed by atoms with E-state index in [1.54, 1.807) is 43.5 Å². The predicted octanol–water partition coefficient (Wildman–Crippen LogP) is 4.67. The quantitative estimate of drug-likeness (QED) is 0.505. The van der Waals surface area contributed by atoms with Gasteiger partial charge >= 0.3 is 0 Å². The fourth-order valence-corrected chi connectivity index (χ4v) is 3.07. The third kappa shape index (κ3) is 3.73. The first-order valence-electron chi connectivity index (χ1n) is 9.22. The van der Waals surface area contributed by atoms with Gasteiger partial charge in [-0.1, -0.05) is 41.6 Å². The zero-order valence-corrected chi connectivity index (χ0v) is 16.5. The van der Waals surface area contributed by atoms with Gasteiger partial charge in [0.25, 0.3) is 11.8 Å². The zero-order valence-electron chi connectivity index (χ0n) is 16.5. The van der Waals surface area contributed by atoms with Crippen molar-refractivity contribution in [2.24, 2.45) is 0 Å². The second-order valence-electron chi connectivity index (χ2n) is 6.32. The molecular formula is C23H19N3O4. The van der Waals surface area contributed by atoms with Crippen LogP contribution in [0.15, 0.2) is 77.3 Å². The molecule has 0 radical (unpaired) electrons. The van der Waals surface area contributed by atoms with E-state index in [-0.39, 0.29) is 11.8 Å². The number of para-hydroxylation sites is 3.